The molecular formula is C12H18ClN3O2. The average Bonchev–Trinajstić information content (AvgIpc) is 2.90. The molecule has 5 nitrogen and oxygen atoms in total. The fourth-order valence-corrected chi connectivity index (χ4v) is 2.52. The van der Waals surface area contributed by atoms with Crippen molar-refractivity contribution >= 4 is 17.4 Å². The molecular weight excluding hydrogens is 254 g/mol. The first-order chi connectivity index (χ1) is 8.52. The van der Waals surface area contributed by atoms with Crippen LogP contribution in [0.15, 0.2) is 0 Å². The maximum absolute atomic E-state index is 12.1. The van der Waals surface area contributed by atoms with E-state index < -0.39 is 0 Å². The number of Topliss-reactive ketones (excluding diaryl/α,β-unsaturated/α-hetero) is 1. The Kier molecular flexibility index (Phi) is 4.04. The van der Waals surface area contributed by atoms with E-state index in [0.717, 1.165) is 24.1 Å². The molecule has 1 aliphatic rings. The number of halogens is 1. The molecule has 1 aromatic heterocycles. The van der Waals surface area contributed by atoms with E-state index in [1.54, 1.807) is 11.7 Å². The Morgan fingerprint density at radius 2 is 2.33 bits per heavy atom. The molecule has 6 heteroatoms. The van der Waals surface area contributed by atoms with E-state index >= 15 is 0 Å². The van der Waals surface area contributed by atoms with Gasteiger partial charge in [-0.25, -0.2) is 0 Å². The van der Waals surface area contributed by atoms with Crippen molar-refractivity contribution in [3.8, 4) is 0 Å². The molecule has 1 aliphatic heterocycles. The summed E-state index contributed by atoms with van der Waals surface area (Å²) in [6.45, 7) is 2.32. The van der Waals surface area contributed by atoms with Crippen molar-refractivity contribution in [2.75, 3.05) is 6.54 Å². The molecule has 0 spiro atoms. The van der Waals surface area contributed by atoms with Crippen LogP contribution in [0.3, 0.4) is 0 Å². The largest absolute Gasteiger partial charge is 0.366 e. The van der Waals surface area contributed by atoms with Gasteiger partial charge in [0.15, 0.2) is 5.78 Å². The normalized spacial score (nSPS) is 23.6. The van der Waals surface area contributed by atoms with Crippen molar-refractivity contribution in [3.63, 3.8) is 0 Å². The first-order valence-corrected chi connectivity index (χ1v) is 6.47. The minimum absolute atomic E-state index is 0.0180. The van der Waals surface area contributed by atoms with E-state index in [4.69, 9.17) is 22.1 Å². The zero-order valence-corrected chi connectivity index (χ0v) is 11.4. The summed E-state index contributed by atoms with van der Waals surface area (Å²) < 4.78 is 7.17. The van der Waals surface area contributed by atoms with Gasteiger partial charge in [-0.2, -0.15) is 5.10 Å². The molecule has 1 aromatic rings. The number of ether oxygens (including phenoxy) is 1. The molecule has 100 valence electrons. The van der Waals surface area contributed by atoms with Crippen LogP contribution in [0, 0.1) is 6.92 Å². The van der Waals surface area contributed by atoms with Gasteiger partial charge in [-0.3, -0.25) is 9.48 Å². The Labute approximate surface area is 111 Å². The molecule has 18 heavy (non-hydrogen) atoms. The first kappa shape index (κ1) is 13.5. The number of hydrogen-bond donors (Lipinski definition) is 1. The monoisotopic (exact) mass is 271 g/mol. The molecule has 0 amide bonds. The second kappa shape index (κ2) is 5.38. The van der Waals surface area contributed by atoms with Gasteiger partial charge in [0, 0.05) is 25.6 Å². The van der Waals surface area contributed by atoms with Crippen LogP contribution in [0.2, 0.25) is 5.15 Å². The van der Waals surface area contributed by atoms with Crippen LogP contribution in [0.4, 0.5) is 0 Å². The maximum Gasteiger partial charge on any atom is 0.166 e. The van der Waals surface area contributed by atoms with E-state index in [1.165, 1.54) is 0 Å². The van der Waals surface area contributed by atoms with Gasteiger partial charge in [0.2, 0.25) is 0 Å². The number of aromatic nitrogens is 2. The number of carbonyl (C=O) groups is 1. The van der Waals surface area contributed by atoms with Crippen molar-refractivity contribution in [1.82, 2.24) is 9.78 Å². The maximum atomic E-state index is 12.1. The Hall–Kier alpha value is -0.910. The molecule has 1 saturated heterocycles. The summed E-state index contributed by atoms with van der Waals surface area (Å²) in [7, 11) is 1.76. The molecule has 2 rings (SSSR count). The highest BCUT2D eigenvalue weighted by Gasteiger charge is 2.30. The lowest BCUT2D eigenvalue weighted by molar-refractivity contribution is -0.128. The van der Waals surface area contributed by atoms with E-state index in [-0.39, 0.29) is 24.4 Å². The standard InChI is InChI=1S/C12H18ClN3O2/c1-7-9(12(13)16(2)15-7)5-10(17)11-4-3-8(6-14)18-11/h8,11H,3-6,14H2,1-2H3. The smallest absolute Gasteiger partial charge is 0.166 e. The third-order valence-electron chi connectivity index (χ3n) is 3.35. The SMILES string of the molecule is Cc1nn(C)c(Cl)c1CC(=O)C1CCC(CN)O1. The zero-order valence-electron chi connectivity index (χ0n) is 10.6. The van der Waals surface area contributed by atoms with E-state index in [9.17, 15) is 4.79 Å². The lowest BCUT2D eigenvalue weighted by atomic mass is 10.0. The van der Waals surface area contributed by atoms with Crippen molar-refractivity contribution in [3.05, 3.63) is 16.4 Å². The van der Waals surface area contributed by atoms with Crippen LogP contribution < -0.4 is 5.73 Å². The summed E-state index contributed by atoms with van der Waals surface area (Å²) in [5.74, 6) is 0.0592. The van der Waals surface area contributed by atoms with Gasteiger partial charge >= 0.3 is 0 Å². The van der Waals surface area contributed by atoms with Gasteiger partial charge in [0.05, 0.1) is 11.8 Å². The lowest BCUT2D eigenvalue weighted by Crippen LogP contribution is -2.26. The lowest BCUT2D eigenvalue weighted by Gasteiger charge is -2.11. The Morgan fingerprint density at radius 1 is 1.61 bits per heavy atom. The quantitative estimate of drug-likeness (QED) is 0.887. The van der Waals surface area contributed by atoms with Crippen molar-refractivity contribution < 1.29 is 9.53 Å². The third kappa shape index (κ3) is 2.58. The highest BCUT2D eigenvalue weighted by molar-refractivity contribution is 6.30. The number of hydrogen-bond acceptors (Lipinski definition) is 4. The molecule has 1 fully saturated rings. The molecule has 0 aromatic carbocycles. The molecule has 0 saturated carbocycles. The number of ketones is 1. The third-order valence-corrected chi connectivity index (χ3v) is 3.82. The predicted octanol–water partition coefficient (Wildman–Crippen LogP) is 1.000. The number of rotatable bonds is 4. The van der Waals surface area contributed by atoms with Crippen LogP contribution >= 0.6 is 11.6 Å². The minimum atomic E-state index is -0.339. The fraction of sp³-hybridized carbons (Fsp3) is 0.667. The molecule has 0 aliphatic carbocycles. The molecule has 0 radical (unpaired) electrons. The van der Waals surface area contributed by atoms with Gasteiger partial charge in [-0.05, 0) is 19.8 Å². The number of carbonyl (C=O) groups excluding carboxylic acids is 1. The topological polar surface area (TPSA) is 70.1 Å². The van der Waals surface area contributed by atoms with Gasteiger partial charge in [0.25, 0.3) is 0 Å². The molecule has 2 atom stereocenters. The summed E-state index contributed by atoms with van der Waals surface area (Å²) in [5.41, 5.74) is 7.12. The molecule has 2 heterocycles. The van der Waals surface area contributed by atoms with Crippen molar-refractivity contribution in [2.24, 2.45) is 12.8 Å². The van der Waals surface area contributed by atoms with Crippen molar-refractivity contribution in [2.45, 2.75) is 38.4 Å². The highest BCUT2D eigenvalue weighted by atomic mass is 35.5. The van der Waals surface area contributed by atoms with E-state index in [1.807, 2.05) is 6.92 Å². The van der Waals surface area contributed by atoms with Crippen LogP contribution in [-0.4, -0.2) is 34.3 Å². The first-order valence-electron chi connectivity index (χ1n) is 6.09. The second-order valence-electron chi connectivity index (χ2n) is 4.68. The average molecular weight is 272 g/mol. The number of aryl methyl sites for hydroxylation is 2. The minimum Gasteiger partial charge on any atom is -0.366 e. The zero-order chi connectivity index (χ0) is 13.3. The number of nitrogens with zero attached hydrogens (tertiary/aromatic N) is 2. The molecule has 2 N–H and O–H groups in total. The van der Waals surface area contributed by atoms with E-state index in [0.29, 0.717) is 11.7 Å². The summed E-state index contributed by atoms with van der Waals surface area (Å²) >= 11 is 6.11. The summed E-state index contributed by atoms with van der Waals surface area (Å²) in [6, 6.07) is 0. The summed E-state index contributed by atoms with van der Waals surface area (Å²) in [6.07, 6.45) is 1.56. The summed E-state index contributed by atoms with van der Waals surface area (Å²) in [5, 5.41) is 4.72. The van der Waals surface area contributed by atoms with Crippen molar-refractivity contribution in [1.29, 1.82) is 0 Å². The number of nitrogens with two attached hydrogens (primary N) is 1. The Morgan fingerprint density at radius 3 is 2.83 bits per heavy atom. The van der Waals surface area contributed by atoms with Gasteiger partial charge < -0.3 is 10.5 Å². The van der Waals surface area contributed by atoms with Gasteiger partial charge in [-0.15, -0.1) is 0 Å². The predicted molar refractivity (Wildman–Crippen MR) is 68.6 cm³/mol. The molecule has 2 unspecified atom stereocenters. The summed E-state index contributed by atoms with van der Waals surface area (Å²) in [4.78, 5) is 12.1. The highest BCUT2D eigenvalue weighted by Crippen LogP contribution is 2.24. The van der Waals surface area contributed by atoms with E-state index in [2.05, 4.69) is 5.10 Å². The fourth-order valence-electron chi connectivity index (χ4n) is 2.28. The van der Waals surface area contributed by atoms with Gasteiger partial charge in [-0.1, -0.05) is 11.6 Å². The van der Waals surface area contributed by atoms with Crippen LogP contribution in [0.5, 0.6) is 0 Å². The van der Waals surface area contributed by atoms with Gasteiger partial charge in [0.1, 0.15) is 11.3 Å². The molecule has 0 bridgehead atoms. The van der Waals surface area contributed by atoms with Crippen LogP contribution in [0.25, 0.3) is 0 Å². The Balaban J connectivity index is 2.03. The Bertz CT molecular complexity index is 458. The van der Waals surface area contributed by atoms with Crippen LogP contribution in [-0.2, 0) is 23.0 Å². The second-order valence-corrected chi connectivity index (χ2v) is 5.04. The van der Waals surface area contributed by atoms with Crippen LogP contribution in [0.1, 0.15) is 24.1 Å².